The summed E-state index contributed by atoms with van der Waals surface area (Å²) in [7, 11) is -1.91. The highest BCUT2D eigenvalue weighted by Crippen LogP contribution is 2.47. The van der Waals surface area contributed by atoms with Gasteiger partial charge >= 0.3 is 0 Å². The summed E-state index contributed by atoms with van der Waals surface area (Å²) < 4.78 is 34.6. The van der Waals surface area contributed by atoms with E-state index < -0.39 is 10.0 Å². The molecule has 2 unspecified atom stereocenters. The Labute approximate surface area is 222 Å². The van der Waals surface area contributed by atoms with Crippen LogP contribution in [0.3, 0.4) is 0 Å². The van der Waals surface area contributed by atoms with E-state index in [-0.39, 0.29) is 24.2 Å². The van der Waals surface area contributed by atoms with Crippen molar-refractivity contribution in [3.63, 3.8) is 0 Å². The van der Waals surface area contributed by atoms with Crippen molar-refractivity contribution >= 4 is 50.2 Å². The second-order valence-corrected chi connectivity index (χ2v) is 12.3. The smallest absolute Gasteiger partial charge is 0.232 e. The number of fused-ring (bicyclic) bond motifs is 1. The molecule has 8 nitrogen and oxygen atoms in total. The standard InChI is InChI=1S/C27H31ClN4O4S/c1-17-19(16-36-17)11-13-31(37(3,34)35)25-15-24-23(14-22(25)18-4-5-18)27(26(33)10-12-29-2)32(30-24)21-8-6-20(28)7-9-21/h6-9,12,14-15,17-19H,4-5,10-11,13,16H2,1-3H3. The van der Waals surface area contributed by atoms with Crippen molar-refractivity contribution in [2.24, 2.45) is 10.9 Å². The molecule has 0 spiro atoms. The predicted octanol–water partition coefficient (Wildman–Crippen LogP) is 5.02. The summed E-state index contributed by atoms with van der Waals surface area (Å²) in [5, 5.41) is 6.08. The van der Waals surface area contributed by atoms with E-state index in [1.165, 1.54) is 10.6 Å². The molecule has 0 radical (unpaired) electrons. The monoisotopic (exact) mass is 542 g/mol. The molecule has 1 saturated carbocycles. The third-order valence-corrected chi connectivity index (χ3v) is 8.67. The molecule has 0 N–H and O–H groups in total. The zero-order valence-corrected chi connectivity index (χ0v) is 22.8. The third-order valence-electron chi connectivity index (χ3n) is 7.24. The summed E-state index contributed by atoms with van der Waals surface area (Å²) in [5.41, 5.74) is 3.33. The van der Waals surface area contributed by atoms with Crippen LogP contribution >= 0.6 is 11.6 Å². The van der Waals surface area contributed by atoms with E-state index in [4.69, 9.17) is 21.4 Å². The Balaban J connectivity index is 1.66. The molecule has 0 amide bonds. The lowest BCUT2D eigenvalue weighted by Gasteiger charge is -2.36. The highest BCUT2D eigenvalue weighted by atomic mass is 35.5. The van der Waals surface area contributed by atoms with E-state index in [2.05, 4.69) is 4.99 Å². The van der Waals surface area contributed by atoms with Crippen LogP contribution in [-0.2, 0) is 14.8 Å². The fourth-order valence-electron chi connectivity index (χ4n) is 4.87. The first kappa shape index (κ1) is 25.9. The maximum absolute atomic E-state index is 13.4. The number of hydrogen-bond acceptors (Lipinski definition) is 6. The topological polar surface area (TPSA) is 93.9 Å². The number of carbonyl (C=O) groups excluding carboxylic acids is 1. The van der Waals surface area contributed by atoms with Crippen molar-refractivity contribution in [2.75, 3.05) is 30.8 Å². The Bertz CT molecular complexity index is 1460. The number of hydrogen-bond donors (Lipinski definition) is 0. The summed E-state index contributed by atoms with van der Waals surface area (Å²) in [6, 6.07) is 10.9. The molecule has 2 heterocycles. The van der Waals surface area contributed by atoms with E-state index in [0.717, 1.165) is 24.8 Å². The highest BCUT2D eigenvalue weighted by Gasteiger charge is 2.34. The number of benzene rings is 2. The minimum absolute atomic E-state index is 0.114. The molecule has 0 bridgehead atoms. The van der Waals surface area contributed by atoms with Gasteiger partial charge in [0.2, 0.25) is 10.0 Å². The Morgan fingerprint density at radius 1 is 1.27 bits per heavy atom. The molecule has 2 aromatic carbocycles. The summed E-state index contributed by atoms with van der Waals surface area (Å²) in [6.07, 6.45) is 5.81. The molecule has 2 atom stereocenters. The van der Waals surface area contributed by atoms with E-state index in [0.29, 0.717) is 52.1 Å². The quantitative estimate of drug-likeness (QED) is 0.265. The zero-order chi connectivity index (χ0) is 26.3. The molecule has 10 heteroatoms. The SMILES string of the molecule is CN=CCC(=O)c1c2cc(C3CC3)c(N(CCC3COC3C)S(C)(=O)=O)cc2nn1-c1ccc(Cl)cc1. The molecule has 1 aromatic heterocycles. The van der Waals surface area contributed by atoms with Crippen molar-refractivity contribution < 1.29 is 17.9 Å². The largest absolute Gasteiger partial charge is 0.378 e. The van der Waals surface area contributed by atoms with Gasteiger partial charge in [0.15, 0.2) is 5.78 Å². The van der Waals surface area contributed by atoms with Crippen LogP contribution in [0, 0.1) is 5.92 Å². The van der Waals surface area contributed by atoms with E-state index in [1.807, 2.05) is 31.2 Å². The second-order valence-electron chi connectivity index (χ2n) is 9.93. The Morgan fingerprint density at radius 3 is 2.57 bits per heavy atom. The molecule has 196 valence electrons. The van der Waals surface area contributed by atoms with Crippen LogP contribution in [0.4, 0.5) is 5.69 Å². The lowest BCUT2D eigenvalue weighted by atomic mass is 9.95. The number of ketones is 1. The molecule has 1 aliphatic heterocycles. The fourth-order valence-corrected chi connectivity index (χ4v) is 5.95. The molecule has 1 saturated heterocycles. The first-order chi connectivity index (χ1) is 17.7. The van der Waals surface area contributed by atoms with Gasteiger partial charge < -0.3 is 9.73 Å². The van der Waals surface area contributed by atoms with Crippen LogP contribution in [0.15, 0.2) is 41.4 Å². The maximum atomic E-state index is 13.4. The van der Waals surface area contributed by atoms with Gasteiger partial charge in [-0.2, -0.15) is 5.10 Å². The lowest BCUT2D eigenvalue weighted by Crippen LogP contribution is -2.41. The van der Waals surface area contributed by atoms with Crippen molar-refractivity contribution in [3.05, 3.63) is 52.7 Å². The van der Waals surface area contributed by atoms with Crippen LogP contribution < -0.4 is 4.31 Å². The molecular weight excluding hydrogens is 512 g/mol. The molecule has 2 aliphatic rings. The van der Waals surface area contributed by atoms with E-state index in [9.17, 15) is 13.2 Å². The number of halogens is 1. The summed E-state index contributed by atoms with van der Waals surface area (Å²) >= 11 is 6.10. The Hall–Kier alpha value is -2.75. The normalized spacial score (nSPS) is 19.9. The number of ether oxygens (including phenoxy) is 1. The van der Waals surface area contributed by atoms with Gasteiger partial charge in [-0.15, -0.1) is 0 Å². The summed E-state index contributed by atoms with van der Waals surface area (Å²) in [5.74, 6) is 0.482. The van der Waals surface area contributed by atoms with Crippen molar-refractivity contribution in [1.82, 2.24) is 9.78 Å². The van der Waals surface area contributed by atoms with Gasteiger partial charge in [0.05, 0.1) is 35.9 Å². The first-order valence-electron chi connectivity index (χ1n) is 12.5. The Morgan fingerprint density at radius 2 is 2.00 bits per heavy atom. The van der Waals surface area contributed by atoms with E-state index >= 15 is 0 Å². The van der Waals surface area contributed by atoms with Gasteiger partial charge in [0.25, 0.3) is 0 Å². The van der Waals surface area contributed by atoms with Crippen LogP contribution in [0.1, 0.15) is 54.6 Å². The second kappa shape index (κ2) is 10.2. The number of Topliss-reactive ketones (excluding diaryl/α,β-unsaturated/α-hetero) is 1. The number of aliphatic imine (C=N–C) groups is 1. The number of aromatic nitrogens is 2. The minimum Gasteiger partial charge on any atom is -0.378 e. The molecule has 2 fully saturated rings. The molecule has 5 rings (SSSR count). The molecule has 1 aliphatic carbocycles. The van der Waals surface area contributed by atoms with E-state index in [1.54, 1.807) is 30.1 Å². The summed E-state index contributed by atoms with van der Waals surface area (Å²) in [4.78, 5) is 17.3. The Kier molecular flexibility index (Phi) is 7.13. The fraction of sp³-hybridized carbons (Fsp3) is 0.444. The molecular formula is C27H31ClN4O4S. The van der Waals surface area contributed by atoms with Gasteiger partial charge in [-0.1, -0.05) is 11.6 Å². The van der Waals surface area contributed by atoms with Gasteiger partial charge in [-0.25, -0.2) is 13.1 Å². The number of rotatable bonds is 10. The van der Waals surface area contributed by atoms with Crippen LogP contribution in [0.2, 0.25) is 5.02 Å². The van der Waals surface area contributed by atoms with Crippen molar-refractivity contribution in [3.8, 4) is 5.69 Å². The number of nitrogens with zero attached hydrogens (tertiary/aromatic N) is 4. The number of anilines is 1. The lowest BCUT2D eigenvalue weighted by molar-refractivity contribution is -0.104. The predicted molar refractivity (Wildman–Crippen MR) is 147 cm³/mol. The number of sulfonamides is 1. The summed E-state index contributed by atoms with van der Waals surface area (Å²) in [6.45, 7) is 3.05. The third kappa shape index (κ3) is 5.30. The van der Waals surface area contributed by atoms with Crippen LogP contribution in [0.5, 0.6) is 0 Å². The average Bonchev–Trinajstić information content (AvgIpc) is 3.63. The van der Waals surface area contributed by atoms with Gasteiger partial charge in [0.1, 0.15) is 5.69 Å². The van der Waals surface area contributed by atoms with Gasteiger partial charge in [-0.3, -0.25) is 9.10 Å². The highest BCUT2D eigenvalue weighted by molar-refractivity contribution is 7.92. The number of carbonyl (C=O) groups is 1. The van der Waals surface area contributed by atoms with Gasteiger partial charge in [-0.05, 0) is 74.1 Å². The zero-order valence-electron chi connectivity index (χ0n) is 21.2. The van der Waals surface area contributed by atoms with Crippen molar-refractivity contribution in [2.45, 2.75) is 44.6 Å². The first-order valence-corrected chi connectivity index (χ1v) is 14.8. The van der Waals surface area contributed by atoms with Crippen LogP contribution in [0.25, 0.3) is 16.6 Å². The minimum atomic E-state index is -3.54. The average molecular weight is 543 g/mol. The molecule has 37 heavy (non-hydrogen) atoms. The van der Waals surface area contributed by atoms with Crippen LogP contribution in [-0.4, -0.2) is 62.8 Å². The molecule has 3 aromatic rings. The van der Waals surface area contributed by atoms with Crippen molar-refractivity contribution in [1.29, 1.82) is 0 Å². The van der Waals surface area contributed by atoms with Gasteiger partial charge in [0, 0.05) is 42.6 Å². The maximum Gasteiger partial charge on any atom is 0.232 e.